The fraction of sp³-hybridized carbons (Fsp3) is 0.320. The van der Waals surface area contributed by atoms with Gasteiger partial charge in [0.05, 0.1) is 10.6 Å². The van der Waals surface area contributed by atoms with Crippen molar-refractivity contribution >= 4 is 55.5 Å². The Morgan fingerprint density at radius 3 is 2.03 bits per heavy atom. The maximum atomic E-state index is 13.4. The minimum atomic E-state index is -1.34. The van der Waals surface area contributed by atoms with E-state index in [1.165, 1.54) is 23.9 Å². The third-order valence-electron chi connectivity index (χ3n) is 6.20. The average Bonchev–Trinajstić information content (AvgIpc) is 3.32. The summed E-state index contributed by atoms with van der Waals surface area (Å²) < 4.78 is 17.8. The normalized spacial score (nSPS) is 14.1. The molecule has 0 radical (unpaired) electrons. The Hall–Kier alpha value is -2.38. The van der Waals surface area contributed by atoms with Crippen LogP contribution in [0.2, 0.25) is 0 Å². The van der Waals surface area contributed by atoms with Gasteiger partial charge in [0, 0.05) is 34.0 Å². The van der Waals surface area contributed by atoms with Crippen LogP contribution >= 0.6 is 15.9 Å². The van der Waals surface area contributed by atoms with Crippen molar-refractivity contribution in [3.05, 3.63) is 63.1 Å². The largest absolute Gasteiger partial charge is 0.483 e. The van der Waals surface area contributed by atoms with E-state index in [0.717, 1.165) is 55.8 Å². The lowest BCUT2D eigenvalue weighted by atomic mass is 10.0. The lowest BCUT2D eigenvalue weighted by Gasteiger charge is -2.22. The van der Waals surface area contributed by atoms with Gasteiger partial charge < -0.3 is 14.7 Å². The summed E-state index contributed by atoms with van der Waals surface area (Å²) in [5.41, 5.74) is 6.63. The fourth-order valence-electron chi connectivity index (χ4n) is 4.27. The van der Waals surface area contributed by atoms with Crippen LogP contribution in [0.15, 0.2) is 45.8 Å². The summed E-state index contributed by atoms with van der Waals surface area (Å²) in [5.74, 6) is 0. The number of anilines is 2. The van der Waals surface area contributed by atoms with E-state index in [4.69, 9.17) is 9.90 Å². The Bertz CT molecular complexity index is 1140. The van der Waals surface area contributed by atoms with Gasteiger partial charge in [0.15, 0.2) is 11.0 Å². The van der Waals surface area contributed by atoms with E-state index in [1.54, 1.807) is 0 Å². The monoisotopic (exact) mass is 516 g/mol. The van der Waals surface area contributed by atoms with Gasteiger partial charge >= 0.3 is 0 Å². The molecule has 0 saturated carbocycles. The van der Waals surface area contributed by atoms with E-state index in [0.29, 0.717) is 0 Å². The van der Waals surface area contributed by atoms with E-state index < -0.39 is 11.0 Å². The number of rotatable bonds is 4. The first-order chi connectivity index (χ1) is 15.3. The summed E-state index contributed by atoms with van der Waals surface area (Å²) in [5, 5.41) is 9.22. The number of carbonyl (C=O) groups is 1. The van der Waals surface area contributed by atoms with E-state index in [9.17, 15) is 4.21 Å². The maximum absolute atomic E-state index is 13.4. The second kappa shape index (κ2) is 10.5. The molecule has 4 rings (SSSR count). The van der Waals surface area contributed by atoms with Gasteiger partial charge in [-0.1, -0.05) is 40.2 Å². The molecule has 0 amide bonds. The number of nitrogens with one attached hydrogen (secondary N) is 1. The number of benzene rings is 3. The molecule has 32 heavy (non-hydrogen) atoms. The molecule has 0 bridgehead atoms. The molecule has 1 atom stereocenters. The molecule has 7 heteroatoms. The Kier molecular flexibility index (Phi) is 7.96. The first-order valence-corrected chi connectivity index (χ1v) is 12.5. The number of carboxylic acid groups (broad SMARTS) is 1. The van der Waals surface area contributed by atoms with Crippen LogP contribution in [0.3, 0.4) is 0 Å². The van der Waals surface area contributed by atoms with E-state index in [1.807, 2.05) is 0 Å². The fourth-order valence-corrected chi connectivity index (χ4v) is 6.20. The number of halogens is 1. The maximum Gasteiger partial charge on any atom is 0.290 e. The summed E-state index contributed by atoms with van der Waals surface area (Å²) in [6.07, 6.45) is 2.50. The lowest BCUT2D eigenvalue weighted by Crippen LogP contribution is -2.18. The number of fused-ring (bicyclic) bond motifs is 1. The molecular weight excluding hydrogens is 488 g/mol. The molecule has 1 aliphatic heterocycles. The molecule has 170 valence electrons. The highest BCUT2D eigenvalue weighted by molar-refractivity contribution is 9.10. The van der Waals surface area contributed by atoms with Crippen molar-refractivity contribution in [2.24, 2.45) is 0 Å². The summed E-state index contributed by atoms with van der Waals surface area (Å²) in [6.45, 7) is 10.2. The second-order valence-electron chi connectivity index (χ2n) is 7.99. The summed E-state index contributed by atoms with van der Waals surface area (Å²) >= 11 is 3.68. The highest BCUT2D eigenvalue weighted by atomic mass is 79.9. The van der Waals surface area contributed by atoms with E-state index >= 15 is 0 Å². The summed E-state index contributed by atoms with van der Waals surface area (Å²) in [4.78, 5) is 11.7. The topological polar surface area (TPSA) is 69.6 Å². The summed E-state index contributed by atoms with van der Waals surface area (Å²) in [7, 11) is -1.34. The zero-order valence-electron chi connectivity index (χ0n) is 18.9. The SMILES string of the molecule is Cc1c(C)c(S(=O)Nc2ccc(N3CCCC3)c3ccccc23)c(C)c(C)c1Br.O=CO. The Labute approximate surface area is 200 Å². The first kappa shape index (κ1) is 24.3. The zero-order chi connectivity index (χ0) is 23.4. The molecule has 2 N–H and O–H groups in total. The van der Waals surface area contributed by atoms with Crippen LogP contribution in [-0.2, 0) is 15.8 Å². The zero-order valence-corrected chi connectivity index (χ0v) is 21.3. The smallest absolute Gasteiger partial charge is 0.290 e. The van der Waals surface area contributed by atoms with Gasteiger partial charge in [0.2, 0.25) is 0 Å². The van der Waals surface area contributed by atoms with Crippen LogP contribution < -0.4 is 9.62 Å². The molecular formula is C25H29BrN2O3S. The summed E-state index contributed by atoms with van der Waals surface area (Å²) in [6, 6.07) is 12.7. The number of hydrogen-bond acceptors (Lipinski definition) is 3. The predicted octanol–water partition coefficient (Wildman–Crippen LogP) is 6.27. The molecule has 0 spiro atoms. The Balaban J connectivity index is 0.000000913. The molecule has 5 nitrogen and oxygen atoms in total. The highest BCUT2D eigenvalue weighted by Gasteiger charge is 2.20. The second-order valence-corrected chi connectivity index (χ2v) is 9.93. The highest BCUT2D eigenvalue weighted by Crippen LogP contribution is 2.36. The molecule has 3 aromatic rings. The lowest BCUT2D eigenvalue weighted by molar-refractivity contribution is -0.122. The van der Waals surface area contributed by atoms with Crippen LogP contribution in [0.1, 0.15) is 35.1 Å². The van der Waals surface area contributed by atoms with Crippen molar-refractivity contribution in [1.29, 1.82) is 0 Å². The average molecular weight is 517 g/mol. The van der Waals surface area contributed by atoms with Crippen LogP contribution in [0.25, 0.3) is 10.8 Å². The standard InChI is InChI=1S/C24H27BrN2OS.CH2O2/c1-15-17(3)24(18(4)16(2)23(15)25)29(28)26-21-11-12-22(27-13-7-8-14-27)20-10-6-5-9-19(20)21;2-1-3/h5-6,9-12,26H,7-8,13-14H2,1-4H3;1H,(H,2,3). The van der Waals surface area contributed by atoms with Crippen LogP contribution in [0.5, 0.6) is 0 Å². The van der Waals surface area contributed by atoms with Crippen molar-refractivity contribution < 1.29 is 14.1 Å². The molecule has 1 fully saturated rings. The minimum absolute atomic E-state index is 0.250. The van der Waals surface area contributed by atoms with E-state index in [-0.39, 0.29) is 6.47 Å². The molecule has 0 aliphatic carbocycles. The van der Waals surface area contributed by atoms with E-state index in [2.05, 4.69) is 89.6 Å². The molecule has 3 aromatic carbocycles. The van der Waals surface area contributed by atoms with Gasteiger partial charge in [0.1, 0.15) is 0 Å². The molecule has 0 aromatic heterocycles. The van der Waals surface area contributed by atoms with Gasteiger partial charge in [-0.25, -0.2) is 4.21 Å². The molecule has 1 aliphatic rings. The number of nitrogens with zero attached hydrogens (tertiary/aromatic N) is 1. The van der Waals surface area contributed by atoms with Gasteiger partial charge in [-0.15, -0.1) is 0 Å². The van der Waals surface area contributed by atoms with Crippen LogP contribution in [-0.4, -0.2) is 28.9 Å². The van der Waals surface area contributed by atoms with Gasteiger partial charge in [-0.05, 0) is 74.9 Å². The Morgan fingerprint density at radius 1 is 0.938 bits per heavy atom. The number of hydrogen-bond donors (Lipinski definition) is 2. The van der Waals surface area contributed by atoms with Crippen molar-refractivity contribution in [1.82, 2.24) is 0 Å². The quantitative estimate of drug-likeness (QED) is 0.400. The molecule has 1 unspecified atom stereocenters. The Morgan fingerprint density at radius 2 is 1.47 bits per heavy atom. The van der Waals surface area contributed by atoms with Gasteiger partial charge in [0.25, 0.3) is 6.47 Å². The van der Waals surface area contributed by atoms with Crippen molar-refractivity contribution in [2.45, 2.75) is 45.4 Å². The van der Waals surface area contributed by atoms with Crippen molar-refractivity contribution in [3.8, 4) is 0 Å². The van der Waals surface area contributed by atoms with Crippen molar-refractivity contribution in [2.75, 3.05) is 22.7 Å². The minimum Gasteiger partial charge on any atom is -0.483 e. The third-order valence-corrected chi connectivity index (χ3v) is 8.78. The van der Waals surface area contributed by atoms with Crippen LogP contribution in [0.4, 0.5) is 11.4 Å². The predicted molar refractivity (Wildman–Crippen MR) is 137 cm³/mol. The first-order valence-electron chi connectivity index (χ1n) is 10.6. The van der Waals surface area contributed by atoms with Gasteiger partial charge in [-0.3, -0.25) is 4.79 Å². The van der Waals surface area contributed by atoms with Crippen LogP contribution in [0, 0.1) is 27.7 Å². The van der Waals surface area contributed by atoms with Crippen molar-refractivity contribution in [3.63, 3.8) is 0 Å². The van der Waals surface area contributed by atoms with Gasteiger partial charge in [-0.2, -0.15) is 0 Å². The molecule has 1 saturated heterocycles. The third kappa shape index (κ3) is 4.69. The molecule has 1 heterocycles.